The van der Waals surface area contributed by atoms with Crippen molar-refractivity contribution in [2.45, 2.75) is 12.7 Å². The van der Waals surface area contributed by atoms with Crippen LogP contribution in [0.1, 0.15) is 27.7 Å². The molecular weight excluding hydrogens is 318 g/mol. The highest BCUT2D eigenvalue weighted by molar-refractivity contribution is 5.91. The molecule has 0 spiro atoms. The third kappa shape index (κ3) is 4.68. The Kier molecular flexibility index (Phi) is 5.43. The fraction of sp³-hybridized carbons (Fsp3) is 0.158. The molecule has 25 heavy (non-hydrogen) atoms. The van der Waals surface area contributed by atoms with Crippen LogP contribution in [0.4, 0.5) is 0 Å². The number of nitrogens with zero attached hydrogens (tertiary/aromatic N) is 1. The summed E-state index contributed by atoms with van der Waals surface area (Å²) in [6.45, 7) is 0.553. The van der Waals surface area contributed by atoms with Gasteiger partial charge in [-0.05, 0) is 23.3 Å². The minimum absolute atomic E-state index is 0.0972. The number of hydrogen-bond donors (Lipinski definition) is 3. The number of carbonyl (C=O) groups is 1. The largest absolute Gasteiger partial charge is 0.489 e. The molecule has 0 fully saturated rings. The molecule has 0 aliphatic rings. The molecule has 6 nitrogen and oxygen atoms in total. The van der Waals surface area contributed by atoms with Crippen LogP contribution in [0.5, 0.6) is 5.75 Å². The smallest absolute Gasteiger partial charge is 0.269 e. The number of nitrogens with one attached hydrogen (secondary N) is 2. The Morgan fingerprint density at radius 2 is 2.04 bits per heavy atom. The second-order valence-electron chi connectivity index (χ2n) is 5.54. The van der Waals surface area contributed by atoms with E-state index < -0.39 is 6.10 Å². The van der Waals surface area contributed by atoms with Crippen molar-refractivity contribution >= 4 is 5.91 Å². The Morgan fingerprint density at radius 1 is 1.20 bits per heavy atom. The fourth-order valence-corrected chi connectivity index (χ4v) is 2.34. The Morgan fingerprint density at radius 3 is 2.80 bits per heavy atom. The average molecular weight is 337 g/mol. The van der Waals surface area contributed by atoms with Gasteiger partial charge in [-0.1, -0.05) is 42.5 Å². The number of rotatable bonds is 7. The minimum atomic E-state index is -0.827. The van der Waals surface area contributed by atoms with E-state index in [0.29, 0.717) is 23.6 Å². The van der Waals surface area contributed by atoms with Gasteiger partial charge in [0, 0.05) is 6.54 Å². The van der Waals surface area contributed by atoms with Gasteiger partial charge in [0.2, 0.25) is 0 Å². The van der Waals surface area contributed by atoms with E-state index in [0.717, 1.165) is 5.56 Å². The summed E-state index contributed by atoms with van der Waals surface area (Å²) in [6, 6.07) is 17.1. The molecule has 0 unspecified atom stereocenters. The number of aromatic amines is 1. The highest BCUT2D eigenvalue weighted by Gasteiger charge is 2.12. The molecule has 2 aromatic carbocycles. The van der Waals surface area contributed by atoms with Gasteiger partial charge in [0.1, 0.15) is 18.1 Å². The Hall–Kier alpha value is -3.12. The summed E-state index contributed by atoms with van der Waals surface area (Å²) in [6.07, 6.45) is 2.03. The number of aliphatic hydroxyl groups is 1. The molecule has 3 rings (SSSR count). The third-order valence-corrected chi connectivity index (χ3v) is 3.69. The van der Waals surface area contributed by atoms with Crippen molar-refractivity contribution in [2.24, 2.45) is 0 Å². The second kappa shape index (κ2) is 8.12. The summed E-state index contributed by atoms with van der Waals surface area (Å²) < 4.78 is 5.76. The lowest BCUT2D eigenvalue weighted by Crippen LogP contribution is -2.28. The number of benzene rings is 2. The number of aliphatic hydroxyl groups excluding tert-OH is 1. The second-order valence-corrected chi connectivity index (χ2v) is 5.54. The number of aromatic nitrogens is 2. The van der Waals surface area contributed by atoms with Crippen LogP contribution >= 0.6 is 0 Å². The van der Waals surface area contributed by atoms with Crippen molar-refractivity contribution in [3.8, 4) is 5.75 Å². The number of imidazole rings is 1. The maximum atomic E-state index is 11.8. The highest BCUT2D eigenvalue weighted by Crippen LogP contribution is 2.20. The van der Waals surface area contributed by atoms with Gasteiger partial charge in [0.25, 0.3) is 5.91 Å². The number of ether oxygens (including phenoxy) is 1. The topological polar surface area (TPSA) is 87.2 Å². The minimum Gasteiger partial charge on any atom is -0.489 e. The monoisotopic (exact) mass is 337 g/mol. The first kappa shape index (κ1) is 16.7. The molecule has 0 saturated carbocycles. The van der Waals surface area contributed by atoms with Gasteiger partial charge < -0.3 is 20.1 Å². The van der Waals surface area contributed by atoms with Crippen molar-refractivity contribution in [1.29, 1.82) is 0 Å². The van der Waals surface area contributed by atoms with E-state index in [4.69, 9.17) is 4.74 Å². The van der Waals surface area contributed by atoms with Gasteiger partial charge in [0.05, 0.1) is 18.6 Å². The summed E-state index contributed by atoms with van der Waals surface area (Å²) in [5.41, 5.74) is 2.10. The van der Waals surface area contributed by atoms with E-state index >= 15 is 0 Å². The molecule has 128 valence electrons. The van der Waals surface area contributed by atoms with Crippen LogP contribution in [0.3, 0.4) is 0 Å². The molecule has 1 atom stereocenters. The van der Waals surface area contributed by atoms with E-state index in [1.165, 1.54) is 12.5 Å². The number of amides is 1. The van der Waals surface area contributed by atoms with E-state index in [1.54, 1.807) is 12.1 Å². The van der Waals surface area contributed by atoms with Crippen molar-refractivity contribution in [3.05, 3.63) is 83.9 Å². The van der Waals surface area contributed by atoms with Crippen molar-refractivity contribution in [2.75, 3.05) is 6.54 Å². The van der Waals surface area contributed by atoms with Crippen LogP contribution in [0.25, 0.3) is 0 Å². The molecule has 1 amide bonds. The first-order valence-electron chi connectivity index (χ1n) is 7.93. The molecule has 3 N–H and O–H groups in total. The van der Waals surface area contributed by atoms with Gasteiger partial charge in [-0.15, -0.1) is 0 Å². The molecule has 1 heterocycles. The van der Waals surface area contributed by atoms with E-state index in [-0.39, 0.29) is 12.5 Å². The molecule has 0 radical (unpaired) electrons. The van der Waals surface area contributed by atoms with Crippen LogP contribution < -0.4 is 10.1 Å². The fourth-order valence-electron chi connectivity index (χ4n) is 2.34. The van der Waals surface area contributed by atoms with E-state index in [1.807, 2.05) is 42.5 Å². The highest BCUT2D eigenvalue weighted by atomic mass is 16.5. The lowest BCUT2D eigenvalue weighted by molar-refractivity contribution is 0.0912. The molecular formula is C19H19N3O3. The first-order chi connectivity index (χ1) is 12.2. The van der Waals surface area contributed by atoms with E-state index in [9.17, 15) is 9.90 Å². The SMILES string of the molecule is O=C(NC[C@@H](O)c1cccc(OCc2ccccc2)c1)c1cnc[nH]1. The maximum absolute atomic E-state index is 11.8. The molecule has 0 bridgehead atoms. The zero-order valence-electron chi connectivity index (χ0n) is 13.6. The zero-order chi connectivity index (χ0) is 17.5. The van der Waals surface area contributed by atoms with Gasteiger partial charge in [-0.25, -0.2) is 4.98 Å². The van der Waals surface area contributed by atoms with Crippen LogP contribution in [0, 0.1) is 0 Å². The summed E-state index contributed by atoms with van der Waals surface area (Å²) in [5.74, 6) is 0.355. The first-order valence-corrected chi connectivity index (χ1v) is 7.93. The summed E-state index contributed by atoms with van der Waals surface area (Å²) >= 11 is 0. The van der Waals surface area contributed by atoms with Crippen LogP contribution in [-0.2, 0) is 6.61 Å². The summed E-state index contributed by atoms with van der Waals surface area (Å²) in [5, 5.41) is 12.9. The predicted molar refractivity (Wildman–Crippen MR) is 93.1 cm³/mol. The average Bonchev–Trinajstić information content (AvgIpc) is 3.20. The lowest BCUT2D eigenvalue weighted by Gasteiger charge is -2.13. The Balaban J connectivity index is 1.55. The molecule has 0 aliphatic carbocycles. The third-order valence-electron chi connectivity index (χ3n) is 3.69. The van der Waals surface area contributed by atoms with Crippen molar-refractivity contribution in [1.82, 2.24) is 15.3 Å². The predicted octanol–water partition coefficient (Wildman–Crippen LogP) is 2.45. The molecule has 1 aromatic heterocycles. The molecule has 0 saturated heterocycles. The van der Waals surface area contributed by atoms with Crippen LogP contribution in [0.2, 0.25) is 0 Å². The Labute approximate surface area is 145 Å². The normalized spacial score (nSPS) is 11.7. The maximum Gasteiger partial charge on any atom is 0.269 e. The van der Waals surface area contributed by atoms with Gasteiger partial charge in [0.15, 0.2) is 0 Å². The van der Waals surface area contributed by atoms with Crippen LogP contribution in [0.15, 0.2) is 67.1 Å². The van der Waals surface area contributed by atoms with Gasteiger partial charge in [-0.3, -0.25) is 4.79 Å². The number of carbonyl (C=O) groups excluding carboxylic acids is 1. The summed E-state index contributed by atoms with van der Waals surface area (Å²) in [4.78, 5) is 18.4. The number of hydrogen-bond acceptors (Lipinski definition) is 4. The van der Waals surface area contributed by atoms with Crippen LogP contribution in [-0.4, -0.2) is 27.5 Å². The molecule has 6 heteroatoms. The number of H-pyrrole nitrogens is 1. The van der Waals surface area contributed by atoms with Crippen molar-refractivity contribution in [3.63, 3.8) is 0 Å². The van der Waals surface area contributed by atoms with E-state index in [2.05, 4.69) is 15.3 Å². The molecule has 0 aliphatic heterocycles. The lowest BCUT2D eigenvalue weighted by atomic mass is 10.1. The standard InChI is InChI=1S/C19H19N3O3/c23-18(11-21-19(24)17-10-20-13-22-17)15-7-4-8-16(9-15)25-12-14-5-2-1-3-6-14/h1-10,13,18,23H,11-12H2,(H,20,22)(H,21,24)/t18-/m1/s1. The Bertz CT molecular complexity index is 804. The van der Waals surface area contributed by atoms with Gasteiger partial charge in [-0.2, -0.15) is 0 Å². The van der Waals surface area contributed by atoms with Gasteiger partial charge >= 0.3 is 0 Å². The quantitative estimate of drug-likeness (QED) is 0.618. The molecule has 3 aromatic rings. The zero-order valence-corrected chi connectivity index (χ0v) is 13.6. The summed E-state index contributed by atoms with van der Waals surface area (Å²) in [7, 11) is 0. The van der Waals surface area contributed by atoms with Crippen molar-refractivity contribution < 1.29 is 14.6 Å².